The van der Waals surface area contributed by atoms with Crippen LogP contribution in [0, 0.1) is 12.8 Å². The summed E-state index contributed by atoms with van der Waals surface area (Å²) in [7, 11) is 2.99. The minimum absolute atomic E-state index is 0.0909. The van der Waals surface area contributed by atoms with E-state index in [-0.39, 0.29) is 29.4 Å². The highest BCUT2D eigenvalue weighted by Gasteiger charge is 2.29. The van der Waals surface area contributed by atoms with E-state index in [4.69, 9.17) is 37.7 Å². The van der Waals surface area contributed by atoms with Gasteiger partial charge >= 0.3 is 5.97 Å². The lowest BCUT2D eigenvalue weighted by molar-refractivity contribution is -0.145. The fourth-order valence-electron chi connectivity index (χ4n) is 7.30. The van der Waals surface area contributed by atoms with Crippen LogP contribution in [0.4, 0.5) is 0 Å². The summed E-state index contributed by atoms with van der Waals surface area (Å²) in [5, 5.41) is 7.37. The predicted octanol–water partition coefficient (Wildman–Crippen LogP) is 6.08. The molecule has 5 heterocycles. The standard InChI is InChI=1S/C40H40Cl2N6O5/c1-23-16-26(17-34-44-19-27(39(50)48(23)34)22-47-15-14-25(21-47)40(51)53-3)29-6-4-7-30(36(29)41)31-8-5-9-32(37(31)42)33-12-10-24(38(46-33)52-2)18-43-20-28-11-13-35(49)45-28/h4-10,12,16-17,19,25,28,43H,11,13-15,18,20-22H2,1-3H3,(H,45,49)/t25-,28-/m0/s1. The monoisotopic (exact) mass is 754 g/mol. The lowest BCUT2D eigenvalue weighted by Gasteiger charge is -2.17. The van der Waals surface area contributed by atoms with Crippen LogP contribution in [0.1, 0.15) is 36.1 Å². The molecule has 0 spiro atoms. The molecule has 7 rings (SSSR count). The number of hydrogen-bond donors (Lipinski definition) is 2. The predicted molar refractivity (Wildman–Crippen MR) is 205 cm³/mol. The number of halogens is 2. The maximum absolute atomic E-state index is 13.6. The van der Waals surface area contributed by atoms with E-state index in [1.165, 1.54) is 7.11 Å². The Morgan fingerprint density at radius 2 is 1.70 bits per heavy atom. The molecule has 2 aromatic carbocycles. The molecule has 5 aromatic rings. The molecule has 0 aliphatic carbocycles. The number of hydrogen-bond acceptors (Lipinski definition) is 9. The van der Waals surface area contributed by atoms with Crippen molar-refractivity contribution in [2.24, 2.45) is 5.92 Å². The van der Waals surface area contributed by atoms with Crippen LogP contribution in [0.5, 0.6) is 5.88 Å². The van der Waals surface area contributed by atoms with Gasteiger partial charge in [0, 0.05) is 78.3 Å². The number of aryl methyl sites for hydroxylation is 1. The van der Waals surface area contributed by atoms with Gasteiger partial charge in [-0.05, 0) is 50.1 Å². The zero-order valence-corrected chi connectivity index (χ0v) is 31.3. The lowest BCUT2D eigenvalue weighted by Crippen LogP contribution is -2.35. The van der Waals surface area contributed by atoms with Crippen molar-refractivity contribution in [3.8, 4) is 39.4 Å². The zero-order chi connectivity index (χ0) is 37.2. The van der Waals surface area contributed by atoms with Gasteiger partial charge in [0.15, 0.2) is 0 Å². The SMILES string of the molecule is COC(=O)[C@H]1CCN(Cc2cnc3cc(-c4cccc(-c5cccc(-c6ccc(CNC[C@@H]7CCC(=O)N7)c(OC)n6)c5Cl)c4Cl)cc(C)n3c2=O)C1. The average Bonchev–Trinajstić information content (AvgIpc) is 3.81. The second-order valence-corrected chi connectivity index (χ2v) is 14.3. The maximum Gasteiger partial charge on any atom is 0.310 e. The smallest absolute Gasteiger partial charge is 0.310 e. The van der Waals surface area contributed by atoms with E-state index in [9.17, 15) is 14.4 Å². The van der Waals surface area contributed by atoms with Crippen LogP contribution in [-0.2, 0) is 27.4 Å². The van der Waals surface area contributed by atoms with E-state index < -0.39 is 0 Å². The van der Waals surface area contributed by atoms with Gasteiger partial charge in [-0.3, -0.25) is 23.7 Å². The molecule has 2 fully saturated rings. The minimum atomic E-state index is -0.219. The number of nitrogens with zero attached hydrogens (tertiary/aromatic N) is 4. The molecule has 2 saturated heterocycles. The quantitative estimate of drug-likeness (QED) is 0.154. The Morgan fingerprint density at radius 1 is 0.962 bits per heavy atom. The summed E-state index contributed by atoms with van der Waals surface area (Å²) in [6, 6.07) is 19.4. The number of carbonyl (C=O) groups excluding carboxylic acids is 2. The van der Waals surface area contributed by atoms with Gasteiger partial charge in [-0.25, -0.2) is 9.97 Å². The maximum atomic E-state index is 13.6. The number of esters is 1. The topological polar surface area (TPSA) is 127 Å². The first-order chi connectivity index (χ1) is 25.6. The van der Waals surface area contributed by atoms with Crippen LogP contribution in [0.25, 0.3) is 39.2 Å². The molecule has 1 amide bonds. The number of carbonyl (C=O) groups is 2. The Balaban J connectivity index is 1.14. The summed E-state index contributed by atoms with van der Waals surface area (Å²) >= 11 is 14.3. The van der Waals surface area contributed by atoms with Gasteiger partial charge < -0.3 is 20.1 Å². The average molecular weight is 756 g/mol. The largest absolute Gasteiger partial charge is 0.481 e. The Morgan fingerprint density at radius 3 is 2.42 bits per heavy atom. The molecular weight excluding hydrogens is 715 g/mol. The van der Waals surface area contributed by atoms with Gasteiger partial charge in [0.05, 0.1) is 41.4 Å². The molecule has 3 aromatic heterocycles. The Hall–Kier alpha value is -4.81. The highest BCUT2D eigenvalue weighted by Crippen LogP contribution is 2.42. The molecule has 2 aliphatic rings. The van der Waals surface area contributed by atoms with E-state index in [1.54, 1.807) is 17.7 Å². The molecule has 2 aliphatic heterocycles. The van der Waals surface area contributed by atoms with Gasteiger partial charge in [0.25, 0.3) is 5.56 Å². The summed E-state index contributed by atoms with van der Waals surface area (Å²) in [6.45, 7) is 4.74. The van der Waals surface area contributed by atoms with Gasteiger partial charge in [-0.2, -0.15) is 0 Å². The molecule has 11 nitrogen and oxygen atoms in total. The normalized spacial score (nSPS) is 17.3. The van der Waals surface area contributed by atoms with E-state index in [0.29, 0.717) is 78.4 Å². The summed E-state index contributed by atoms with van der Waals surface area (Å²) < 4.78 is 12.2. The van der Waals surface area contributed by atoms with Crippen LogP contribution in [0.3, 0.4) is 0 Å². The third-order valence-corrected chi connectivity index (χ3v) is 10.9. The number of pyridine rings is 2. The summed E-state index contributed by atoms with van der Waals surface area (Å²) in [4.78, 5) is 48.7. The molecule has 53 heavy (non-hydrogen) atoms. The van der Waals surface area contributed by atoms with Crippen molar-refractivity contribution < 1.29 is 19.1 Å². The lowest BCUT2D eigenvalue weighted by atomic mass is 9.96. The third-order valence-electron chi connectivity index (χ3n) is 10.1. The van der Waals surface area contributed by atoms with Crippen molar-refractivity contribution in [1.82, 2.24) is 29.9 Å². The molecule has 13 heteroatoms. The molecule has 0 saturated carbocycles. The van der Waals surface area contributed by atoms with E-state index >= 15 is 0 Å². The van der Waals surface area contributed by atoms with E-state index in [0.717, 1.165) is 45.5 Å². The second kappa shape index (κ2) is 15.7. The van der Waals surface area contributed by atoms with Gasteiger partial charge in [0.1, 0.15) is 5.65 Å². The number of fused-ring (bicyclic) bond motifs is 1. The Labute approximate surface area is 317 Å². The zero-order valence-electron chi connectivity index (χ0n) is 29.7. The third kappa shape index (κ3) is 7.52. The van der Waals surface area contributed by atoms with Crippen LogP contribution < -0.4 is 20.9 Å². The fraction of sp³-hybridized carbons (Fsp3) is 0.325. The van der Waals surface area contributed by atoms with Gasteiger partial charge in [0.2, 0.25) is 11.8 Å². The first-order valence-electron chi connectivity index (χ1n) is 17.6. The van der Waals surface area contributed by atoms with Gasteiger partial charge in [-0.1, -0.05) is 65.7 Å². The van der Waals surface area contributed by atoms with Crippen molar-refractivity contribution in [2.45, 2.75) is 45.3 Å². The Bertz CT molecular complexity index is 2280. The van der Waals surface area contributed by atoms with Crippen molar-refractivity contribution in [1.29, 1.82) is 0 Å². The van der Waals surface area contributed by atoms with Crippen molar-refractivity contribution >= 4 is 40.7 Å². The molecule has 274 valence electrons. The van der Waals surface area contributed by atoms with Crippen LogP contribution >= 0.6 is 23.2 Å². The van der Waals surface area contributed by atoms with Crippen LogP contribution in [0.15, 0.2) is 71.7 Å². The number of ether oxygens (including phenoxy) is 2. The second-order valence-electron chi connectivity index (χ2n) is 13.5. The number of aromatic nitrogens is 3. The number of amides is 1. The van der Waals surface area contributed by atoms with Crippen LogP contribution in [-0.4, -0.2) is 71.0 Å². The summed E-state index contributed by atoms with van der Waals surface area (Å²) in [6.07, 6.45) is 3.71. The number of likely N-dealkylation sites (tertiary alicyclic amines) is 1. The molecule has 2 N–H and O–H groups in total. The van der Waals surface area contributed by atoms with Gasteiger partial charge in [-0.15, -0.1) is 0 Å². The van der Waals surface area contributed by atoms with Crippen molar-refractivity contribution in [3.05, 3.63) is 104 Å². The number of nitrogens with one attached hydrogen (secondary N) is 2. The molecule has 0 radical (unpaired) electrons. The Kier molecular flexibility index (Phi) is 10.8. The number of benzene rings is 2. The van der Waals surface area contributed by atoms with Crippen molar-refractivity contribution in [2.75, 3.05) is 33.9 Å². The number of methoxy groups -OCH3 is 2. The molecule has 0 unspecified atom stereocenters. The first-order valence-corrected chi connectivity index (χ1v) is 18.3. The van der Waals surface area contributed by atoms with Crippen LogP contribution in [0.2, 0.25) is 10.0 Å². The summed E-state index contributed by atoms with van der Waals surface area (Å²) in [5.74, 6) is 0.177. The fourth-order valence-corrected chi connectivity index (χ4v) is 7.96. The molecule has 0 bridgehead atoms. The van der Waals surface area contributed by atoms with E-state index in [1.807, 2.05) is 67.6 Å². The molecular formula is C40H40Cl2N6O5. The van der Waals surface area contributed by atoms with E-state index in [2.05, 4.69) is 20.5 Å². The highest BCUT2D eigenvalue weighted by atomic mass is 35.5. The minimum Gasteiger partial charge on any atom is -0.481 e. The molecule has 2 atom stereocenters. The first kappa shape index (κ1) is 36.5. The van der Waals surface area contributed by atoms with Crippen molar-refractivity contribution in [3.63, 3.8) is 0 Å². The number of rotatable bonds is 11. The summed E-state index contributed by atoms with van der Waals surface area (Å²) in [5.41, 5.74) is 7.00. The highest BCUT2D eigenvalue weighted by molar-refractivity contribution is 6.39.